The fourth-order valence-electron chi connectivity index (χ4n) is 5.25. The zero-order valence-corrected chi connectivity index (χ0v) is 18.2. The van der Waals surface area contributed by atoms with Crippen LogP contribution in [0.1, 0.15) is 52.2 Å². The van der Waals surface area contributed by atoms with Crippen LogP contribution in [0.4, 0.5) is 11.5 Å². The standard InChI is InChI=1S/C22H21N5O4S/c1-10-7-13(20(29)27-16(10)18(28)26-22(27)5-2-6-22)25-17-15-12-4-3-11(21(30)31)8-14(12)32-19(15)24-9-23-17/h7,9,11H,2-6,8H2,1H3,(H,26,28)(H,30,31)(H,23,24,25)/t11-/m0/s1. The number of amides is 1. The molecule has 32 heavy (non-hydrogen) atoms. The summed E-state index contributed by atoms with van der Waals surface area (Å²) in [4.78, 5) is 48.1. The van der Waals surface area contributed by atoms with E-state index in [0.29, 0.717) is 36.5 Å². The van der Waals surface area contributed by atoms with Crippen LogP contribution in [0, 0.1) is 12.8 Å². The molecule has 1 spiro atoms. The minimum Gasteiger partial charge on any atom is -0.481 e. The number of hydrogen-bond acceptors (Lipinski definition) is 7. The molecule has 1 fully saturated rings. The number of hydrogen-bond donors (Lipinski definition) is 3. The molecule has 3 N–H and O–H groups in total. The quantitative estimate of drug-likeness (QED) is 0.559. The second-order valence-corrected chi connectivity index (χ2v) is 9.96. The summed E-state index contributed by atoms with van der Waals surface area (Å²) >= 11 is 1.49. The maximum atomic E-state index is 13.5. The highest BCUT2D eigenvalue weighted by molar-refractivity contribution is 7.19. The largest absolute Gasteiger partial charge is 0.481 e. The number of carbonyl (C=O) groups is 2. The van der Waals surface area contributed by atoms with Crippen LogP contribution in [0.25, 0.3) is 10.2 Å². The molecular weight excluding hydrogens is 430 g/mol. The van der Waals surface area contributed by atoms with E-state index in [4.69, 9.17) is 0 Å². The number of rotatable bonds is 3. The lowest BCUT2D eigenvalue weighted by Gasteiger charge is -2.39. The lowest BCUT2D eigenvalue weighted by Crippen LogP contribution is -2.52. The lowest BCUT2D eigenvalue weighted by molar-refractivity contribution is -0.142. The van der Waals surface area contributed by atoms with Gasteiger partial charge in [0.2, 0.25) is 0 Å². The van der Waals surface area contributed by atoms with Gasteiger partial charge < -0.3 is 15.7 Å². The number of anilines is 2. The summed E-state index contributed by atoms with van der Waals surface area (Å²) in [6.07, 6.45) is 5.61. The highest BCUT2D eigenvalue weighted by Crippen LogP contribution is 2.42. The van der Waals surface area contributed by atoms with Gasteiger partial charge in [0.05, 0.1) is 11.3 Å². The first-order valence-electron chi connectivity index (χ1n) is 10.7. The highest BCUT2D eigenvalue weighted by Gasteiger charge is 2.48. The van der Waals surface area contributed by atoms with E-state index in [1.165, 1.54) is 17.7 Å². The van der Waals surface area contributed by atoms with Gasteiger partial charge in [0.1, 0.15) is 34.0 Å². The van der Waals surface area contributed by atoms with E-state index in [1.54, 1.807) is 10.6 Å². The van der Waals surface area contributed by atoms with E-state index in [2.05, 4.69) is 20.6 Å². The van der Waals surface area contributed by atoms with Gasteiger partial charge in [-0.25, -0.2) is 9.97 Å². The van der Waals surface area contributed by atoms with Crippen LogP contribution in [0.2, 0.25) is 0 Å². The predicted octanol–water partition coefficient (Wildman–Crippen LogP) is 2.67. The zero-order chi connectivity index (χ0) is 22.2. The normalized spacial score (nSPS) is 20.5. The molecule has 9 nitrogen and oxygen atoms in total. The van der Waals surface area contributed by atoms with E-state index in [1.807, 2.05) is 6.92 Å². The van der Waals surface area contributed by atoms with Crippen molar-refractivity contribution in [1.29, 1.82) is 0 Å². The maximum Gasteiger partial charge on any atom is 0.306 e. The molecule has 0 aromatic carbocycles. The fraction of sp³-hybridized carbons (Fsp3) is 0.409. The number of aliphatic carboxylic acids is 1. The molecule has 1 saturated carbocycles. The third-order valence-corrected chi connectivity index (χ3v) is 8.17. The van der Waals surface area contributed by atoms with Crippen LogP contribution in [-0.2, 0) is 23.3 Å². The zero-order valence-electron chi connectivity index (χ0n) is 17.4. The van der Waals surface area contributed by atoms with Gasteiger partial charge in [-0.05, 0) is 62.6 Å². The van der Waals surface area contributed by atoms with Gasteiger partial charge >= 0.3 is 5.97 Å². The van der Waals surface area contributed by atoms with Crippen molar-refractivity contribution in [2.24, 2.45) is 5.92 Å². The molecule has 2 aliphatic carbocycles. The van der Waals surface area contributed by atoms with Crippen LogP contribution in [-0.4, -0.2) is 31.5 Å². The van der Waals surface area contributed by atoms with Crippen molar-refractivity contribution < 1.29 is 14.7 Å². The third-order valence-electron chi connectivity index (χ3n) is 7.01. The van der Waals surface area contributed by atoms with Gasteiger partial charge in [-0.15, -0.1) is 11.3 Å². The Morgan fingerprint density at radius 2 is 2.16 bits per heavy atom. The molecule has 3 aromatic heterocycles. The first-order valence-corrected chi connectivity index (χ1v) is 11.5. The Morgan fingerprint density at radius 1 is 1.34 bits per heavy atom. The number of aryl methyl sites for hydroxylation is 2. The minimum absolute atomic E-state index is 0.199. The number of fused-ring (bicyclic) bond motifs is 5. The summed E-state index contributed by atoms with van der Waals surface area (Å²) in [5.74, 6) is -0.812. The SMILES string of the molecule is Cc1cc(Nc2ncnc3sc4c(c23)CC[C@H](C(=O)O)C4)c(=O)n2c1C(=O)NC21CCC1. The number of pyridine rings is 1. The molecule has 1 aliphatic heterocycles. The molecular formula is C22H21N5O4S. The molecule has 3 aromatic rings. The summed E-state index contributed by atoms with van der Waals surface area (Å²) in [6, 6.07) is 1.71. The predicted molar refractivity (Wildman–Crippen MR) is 119 cm³/mol. The Hall–Kier alpha value is -3.27. The number of nitrogens with zero attached hydrogens (tertiary/aromatic N) is 3. The van der Waals surface area contributed by atoms with Crippen LogP contribution in [0.3, 0.4) is 0 Å². The molecule has 4 heterocycles. The molecule has 0 saturated heterocycles. The van der Waals surface area contributed by atoms with Crippen molar-refractivity contribution in [3.8, 4) is 0 Å². The number of carboxylic acid groups (broad SMARTS) is 1. The van der Waals surface area contributed by atoms with Crippen molar-refractivity contribution >= 4 is 44.9 Å². The van der Waals surface area contributed by atoms with E-state index in [0.717, 1.165) is 45.5 Å². The molecule has 0 bridgehead atoms. The molecule has 6 rings (SSSR count). The first-order chi connectivity index (χ1) is 15.4. The summed E-state index contributed by atoms with van der Waals surface area (Å²) in [6.45, 7) is 1.84. The molecule has 0 radical (unpaired) electrons. The van der Waals surface area contributed by atoms with Gasteiger partial charge in [-0.2, -0.15) is 0 Å². The third kappa shape index (κ3) is 2.59. The topological polar surface area (TPSA) is 126 Å². The van der Waals surface area contributed by atoms with Crippen molar-refractivity contribution in [3.05, 3.63) is 44.4 Å². The Balaban J connectivity index is 1.46. The van der Waals surface area contributed by atoms with Crippen LogP contribution in [0.5, 0.6) is 0 Å². The van der Waals surface area contributed by atoms with E-state index in [-0.39, 0.29) is 17.4 Å². The molecule has 3 aliphatic rings. The lowest BCUT2D eigenvalue weighted by atomic mass is 9.85. The monoisotopic (exact) mass is 451 g/mol. The number of nitrogens with one attached hydrogen (secondary N) is 2. The fourth-order valence-corrected chi connectivity index (χ4v) is 6.52. The van der Waals surface area contributed by atoms with Gasteiger partial charge in [0.25, 0.3) is 11.5 Å². The second kappa shape index (κ2) is 6.61. The summed E-state index contributed by atoms with van der Waals surface area (Å²) < 4.78 is 1.62. The average molecular weight is 452 g/mol. The smallest absolute Gasteiger partial charge is 0.306 e. The van der Waals surface area contributed by atoms with Crippen LogP contribution >= 0.6 is 11.3 Å². The maximum absolute atomic E-state index is 13.5. The Labute approximate surface area is 186 Å². The number of thiophene rings is 1. The van der Waals surface area contributed by atoms with Crippen molar-refractivity contribution in [3.63, 3.8) is 0 Å². The van der Waals surface area contributed by atoms with E-state index < -0.39 is 11.6 Å². The molecule has 1 amide bonds. The second-order valence-electron chi connectivity index (χ2n) is 8.88. The molecule has 1 atom stereocenters. The number of carboxylic acids is 1. The average Bonchev–Trinajstić information content (AvgIpc) is 3.27. The Bertz CT molecular complexity index is 1390. The molecule has 164 valence electrons. The summed E-state index contributed by atoms with van der Waals surface area (Å²) in [5.41, 5.74) is 1.74. The summed E-state index contributed by atoms with van der Waals surface area (Å²) in [5, 5.41) is 16.5. The van der Waals surface area contributed by atoms with Gasteiger partial charge in [0, 0.05) is 4.88 Å². The van der Waals surface area contributed by atoms with Crippen LogP contribution < -0.4 is 16.2 Å². The minimum atomic E-state index is -0.771. The molecule has 0 unspecified atom stereocenters. The van der Waals surface area contributed by atoms with Crippen LogP contribution in [0.15, 0.2) is 17.2 Å². The van der Waals surface area contributed by atoms with Gasteiger partial charge in [-0.1, -0.05) is 0 Å². The van der Waals surface area contributed by atoms with E-state index in [9.17, 15) is 19.5 Å². The summed E-state index contributed by atoms with van der Waals surface area (Å²) in [7, 11) is 0. The van der Waals surface area contributed by atoms with Crippen molar-refractivity contribution in [2.75, 3.05) is 5.32 Å². The number of aromatic nitrogens is 3. The van der Waals surface area contributed by atoms with Gasteiger partial charge in [0.15, 0.2) is 0 Å². The van der Waals surface area contributed by atoms with Gasteiger partial charge in [-0.3, -0.25) is 19.0 Å². The Morgan fingerprint density at radius 3 is 2.88 bits per heavy atom. The van der Waals surface area contributed by atoms with Crippen molar-refractivity contribution in [1.82, 2.24) is 19.9 Å². The first kappa shape index (κ1) is 19.4. The molecule has 10 heteroatoms. The highest BCUT2D eigenvalue weighted by atomic mass is 32.1. The number of carbonyl (C=O) groups excluding carboxylic acids is 1. The van der Waals surface area contributed by atoms with Crippen molar-refractivity contribution in [2.45, 2.75) is 51.1 Å². The van der Waals surface area contributed by atoms with E-state index >= 15 is 0 Å². The Kier molecular flexibility index (Phi) is 4.01.